The fourth-order valence-corrected chi connectivity index (χ4v) is 2.99. The number of esters is 1. The first-order valence-electron chi connectivity index (χ1n) is 10.3. The molecule has 3 aromatic rings. The van der Waals surface area contributed by atoms with Gasteiger partial charge in [-0.05, 0) is 48.7 Å². The van der Waals surface area contributed by atoms with Crippen LogP contribution in [-0.2, 0) is 16.1 Å². The second-order valence-corrected chi connectivity index (χ2v) is 7.68. The van der Waals surface area contributed by atoms with Gasteiger partial charge >= 0.3 is 5.97 Å². The van der Waals surface area contributed by atoms with Gasteiger partial charge in [0.15, 0.2) is 12.4 Å². The van der Waals surface area contributed by atoms with Crippen LogP contribution in [0, 0.1) is 18.7 Å². The highest BCUT2D eigenvalue weighted by molar-refractivity contribution is 5.98. The predicted octanol–water partition coefficient (Wildman–Crippen LogP) is 3.14. The number of rotatable bonds is 8. The number of hydrogen-bond acceptors (Lipinski definition) is 8. The molecule has 0 aliphatic carbocycles. The monoisotopic (exact) mass is 452 g/mol. The smallest absolute Gasteiger partial charge is 0.329 e. The Morgan fingerprint density at radius 3 is 2.42 bits per heavy atom. The maximum atomic E-state index is 13.1. The summed E-state index contributed by atoms with van der Waals surface area (Å²) in [6, 6.07) is 11.8. The molecule has 0 fully saturated rings. The largest absolute Gasteiger partial charge is 0.456 e. The van der Waals surface area contributed by atoms with Crippen molar-refractivity contribution < 1.29 is 18.7 Å². The van der Waals surface area contributed by atoms with Gasteiger partial charge in [0.25, 0.3) is 5.91 Å². The summed E-state index contributed by atoms with van der Waals surface area (Å²) in [5.41, 5.74) is 7.56. The van der Waals surface area contributed by atoms with Crippen LogP contribution in [0.5, 0.6) is 0 Å². The average molecular weight is 452 g/mol. The van der Waals surface area contributed by atoms with Gasteiger partial charge in [-0.3, -0.25) is 4.79 Å². The molecule has 172 valence electrons. The van der Waals surface area contributed by atoms with Crippen LogP contribution in [-0.4, -0.2) is 32.9 Å². The number of carbonyl (C=O) groups excluding carboxylic acids is 2. The van der Waals surface area contributed by atoms with Crippen LogP contribution < -0.4 is 16.4 Å². The summed E-state index contributed by atoms with van der Waals surface area (Å²) in [7, 11) is 0. The highest BCUT2D eigenvalue weighted by atomic mass is 19.1. The Bertz CT molecular complexity index is 1140. The molecular formula is C23H25FN6O3. The maximum absolute atomic E-state index is 13.1. The van der Waals surface area contributed by atoms with Crippen LogP contribution in [0.3, 0.4) is 0 Å². The summed E-state index contributed by atoms with van der Waals surface area (Å²) in [4.78, 5) is 37.5. The third kappa shape index (κ3) is 6.45. The Balaban J connectivity index is 1.66. The molecule has 1 amide bonds. The zero-order chi connectivity index (χ0) is 24.0. The third-order valence-electron chi connectivity index (χ3n) is 4.74. The standard InChI is InChI=1S/C23H25FN6O3/c1-13(2)19(29-20(31)17-7-5-4-6-14(17)3)21(32)33-12-18-27-22(25)30-23(28-18)26-16-10-8-15(24)9-11-16/h4-11,13,19H,12H2,1-3H3,(H,29,31)(H3,25,26,27,28,30)/t19-/m0/s1. The number of ether oxygens (including phenoxy) is 1. The number of benzene rings is 2. The van der Waals surface area contributed by atoms with E-state index in [1.165, 1.54) is 24.3 Å². The molecule has 33 heavy (non-hydrogen) atoms. The Kier molecular flexibility index (Phi) is 7.50. The Morgan fingerprint density at radius 2 is 1.76 bits per heavy atom. The van der Waals surface area contributed by atoms with Gasteiger partial charge in [0.05, 0.1) is 0 Å². The first-order chi connectivity index (χ1) is 15.7. The Morgan fingerprint density at radius 1 is 1.06 bits per heavy atom. The second kappa shape index (κ2) is 10.5. The molecule has 0 radical (unpaired) electrons. The molecule has 4 N–H and O–H groups in total. The van der Waals surface area contributed by atoms with Crippen molar-refractivity contribution in [2.24, 2.45) is 5.92 Å². The fourth-order valence-electron chi connectivity index (χ4n) is 2.99. The minimum Gasteiger partial charge on any atom is -0.456 e. The normalized spacial score (nSPS) is 11.7. The van der Waals surface area contributed by atoms with E-state index in [-0.39, 0.29) is 42.0 Å². The van der Waals surface area contributed by atoms with Crippen molar-refractivity contribution in [3.05, 3.63) is 71.3 Å². The van der Waals surface area contributed by atoms with Gasteiger partial charge in [-0.15, -0.1) is 0 Å². The van der Waals surface area contributed by atoms with E-state index in [0.717, 1.165) is 5.56 Å². The van der Waals surface area contributed by atoms with Gasteiger partial charge in [-0.25, -0.2) is 9.18 Å². The summed E-state index contributed by atoms with van der Waals surface area (Å²) < 4.78 is 18.4. The van der Waals surface area contributed by atoms with Gasteiger partial charge in [0, 0.05) is 11.3 Å². The number of halogens is 1. The number of amides is 1. The summed E-state index contributed by atoms with van der Waals surface area (Å²) >= 11 is 0. The molecule has 0 saturated heterocycles. The lowest BCUT2D eigenvalue weighted by Gasteiger charge is -2.21. The minimum absolute atomic E-state index is 0.0751. The molecule has 3 rings (SSSR count). The lowest BCUT2D eigenvalue weighted by molar-refractivity contribution is -0.148. The SMILES string of the molecule is Cc1ccccc1C(=O)N[C@H](C(=O)OCc1nc(N)nc(Nc2ccc(F)cc2)n1)C(C)C. The van der Waals surface area contributed by atoms with Gasteiger partial charge in [-0.2, -0.15) is 15.0 Å². The third-order valence-corrected chi connectivity index (χ3v) is 4.74. The topological polar surface area (TPSA) is 132 Å². The molecule has 1 aromatic heterocycles. The molecule has 1 heterocycles. The van der Waals surface area contributed by atoms with E-state index >= 15 is 0 Å². The van der Waals surface area contributed by atoms with E-state index < -0.39 is 12.0 Å². The molecule has 0 bridgehead atoms. The zero-order valence-corrected chi connectivity index (χ0v) is 18.5. The number of carbonyl (C=O) groups is 2. The van der Waals surface area contributed by atoms with Crippen LogP contribution in [0.2, 0.25) is 0 Å². The number of anilines is 3. The molecular weight excluding hydrogens is 427 g/mol. The van der Waals surface area contributed by atoms with Gasteiger partial charge < -0.3 is 21.1 Å². The summed E-state index contributed by atoms with van der Waals surface area (Å²) in [6.07, 6.45) is 0. The Hall–Kier alpha value is -4.08. The summed E-state index contributed by atoms with van der Waals surface area (Å²) in [6.45, 7) is 5.15. The van der Waals surface area contributed by atoms with Crippen molar-refractivity contribution in [2.75, 3.05) is 11.1 Å². The van der Waals surface area contributed by atoms with Crippen LogP contribution in [0.4, 0.5) is 22.0 Å². The molecule has 9 nitrogen and oxygen atoms in total. The molecule has 0 aliphatic rings. The lowest BCUT2D eigenvalue weighted by Crippen LogP contribution is -2.45. The van der Waals surface area contributed by atoms with Crippen molar-refractivity contribution in [3.63, 3.8) is 0 Å². The lowest BCUT2D eigenvalue weighted by atomic mass is 10.0. The van der Waals surface area contributed by atoms with Crippen molar-refractivity contribution in [3.8, 4) is 0 Å². The number of hydrogen-bond donors (Lipinski definition) is 3. The van der Waals surface area contributed by atoms with Crippen LogP contribution in [0.1, 0.15) is 35.6 Å². The first kappa shape index (κ1) is 23.6. The van der Waals surface area contributed by atoms with E-state index in [9.17, 15) is 14.0 Å². The molecule has 0 aliphatic heterocycles. The molecule has 0 saturated carbocycles. The minimum atomic E-state index is -0.867. The molecule has 1 atom stereocenters. The van der Waals surface area contributed by atoms with E-state index in [0.29, 0.717) is 11.3 Å². The number of nitrogens with zero attached hydrogens (tertiary/aromatic N) is 3. The highest BCUT2D eigenvalue weighted by Gasteiger charge is 2.27. The van der Waals surface area contributed by atoms with E-state index in [1.807, 2.05) is 19.1 Å². The molecule has 0 unspecified atom stereocenters. The van der Waals surface area contributed by atoms with Crippen molar-refractivity contribution in [2.45, 2.75) is 33.4 Å². The van der Waals surface area contributed by atoms with Gasteiger partial charge in [0.1, 0.15) is 11.9 Å². The summed E-state index contributed by atoms with van der Waals surface area (Å²) in [5, 5.41) is 5.62. The maximum Gasteiger partial charge on any atom is 0.329 e. The summed E-state index contributed by atoms with van der Waals surface area (Å²) in [5.74, 6) is -1.42. The Labute approximate surface area is 190 Å². The molecule has 2 aromatic carbocycles. The zero-order valence-electron chi connectivity index (χ0n) is 18.5. The fraction of sp³-hybridized carbons (Fsp3) is 0.261. The number of aromatic nitrogens is 3. The van der Waals surface area contributed by atoms with Crippen molar-refractivity contribution in [1.29, 1.82) is 0 Å². The number of nitrogens with two attached hydrogens (primary N) is 1. The number of aryl methyl sites for hydroxylation is 1. The molecule has 10 heteroatoms. The van der Waals surface area contributed by atoms with Crippen LogP contribution >= 0.6 is 0 Å². The van der Waals surface area contributed by atoms with E-state index in [1.54, 1.807) is 26.0 Å². The number of nitrogen functional groups attached to an aromatic ring is 1. The van der Waals surface area contributed by atoms with Crippen molar-refractivity contribution >= 4 is 29.5 Å². The van der Waals surface area contributed by atoms with E-state index in [2.05, 4.69) is 25.6 Å². The highest BCUT2D eigenvalue weighted by Crippen LogP contribution is 2.15. The average Bonchev–Trinajstić information content (AvgIpc) is 2.77. The first-order valence-corrected chi connectivity index (χ1v) is 10.3. The quantitative estimate of drug-likeness (QED) is 0.444. The van der Waals surface area contributed by atoms with Gasteiger partial charge in [0.2, 0.25) is 11.9 Å². The van der Waals surface area contributed by atoms with E-state index in [4.69, 9.17) is 10.5 Å². The molecule has 0 spiro atoms. The van der Waals surface area contributed by atoms with Crippen molar-refractivity contribution in [1.82, 2.24) is 20.3 Å². The van der Waals surface area contributed by atoms with Crippen LogP contribution in [0.25, 0.3) is 0 Å². The van der Waals surface area contributed by atoms with Gasteiger partial charge in [-0.1, -0.05) is 32.0 Å². The van der Waals surface area contributed by atoms with Crippen LogP contribution in [0.15, 0.2) is 48.5 Å². The number of nitrogens with one attached hydrogen (secondary N) is 2. The predicted molar refractivity (Wildman–Crippen MR) is 121 cm³/mol. The second-order valence-electron chi connectivity index (χ2n) is 7.68.